The average molecular weight is 429 g/mol. The first kappa shape index (κ1) is 17.6. The number of rotatable bonds is 8. The molecule has 0 aromatic carbocycles. The predicted octanol–water partition coefficient (Wildman–Crippen LogP) is 3.96. The van der Waals surface area contributed by atoms with Gasteiger partial charge in [-0.3, -0.25) is 0 Å². The van der Waals surface area contributed by atoms with Crippen LogP contribution in [0, 0.1) is 0 Å². The molecule has 0 spiro atoms. The van der Waals surface area contributed by atoms with Gasteiger partial charge in [0, 0.05) is 4.57 Å². The van der Waals surface area contributed by atoms with E-state index in [1.165, 1.54) is 0 Å². The molecule has 0 rings (SSSR count). The second-order valence-electron chi connectivity index (χ2n) is 2.60. The normalized spacial score (nSPS) is 9.21. The van der Waals surface area contributed by atoms with Gasteiger partial charge in [0.05, 0.1) is 0 Å². The molecule has 0 saturated heterocycles. The quantitative estimate of drug-likeness (QED) is 0.333. The fourth-order valence-corrected chi connectivity index (χ4v) is 1.23. The van der Waals surface area contributed by atoms with Crippen LogP contribution in [-0.2, 0) is 38.5 Å². The Bertz CT molecular complexity index is 115. The van der Waals surface area contributed by atoms with Crippen LogP contribution in [0.25, 0.3) is 0 Å². The fraction of sp³-hybridized carbons (Fsp3) is 1.00. The molecule has 3 nitrogen and oxygen atoms in total. The summed E-state index contributed by atoms with van der Waals surface area (Å²) in [6, 6.07) is 0. The molecule has 0 atom stereocenters. The van der Waals surface area contributed by atoms with Crippen molar-refractivity contribution in [1.82, 2.24) is 0 Å². The second kappa shape index (κ2) is 16.7. The van der Waals surface area contributed by atoms with Gasteiger partial charge in [-0.2, -0.15) is 0 Å². The molecule has 0 aromatic rings. The van der Waals surface area contributed by atoms with Gasteiger partial charge in [0.15, 0.2) is 0 Å². The Morgan fingerprint density at radius 2 is 1.43 bits per heavy atom. The molecule has 0 aliphatic rings. The Labute approximate surface area is 107 Å². The maximum atomic E-state index is 10.9. The van der Waals surface area contributed by atoms with Crippen LogP contribution < -0.4 is 0 Å². The van der Waals surface area contributed by atoms with E-state index in [1.807, 2.05) is 0 Å². The summed E-state index contributed by atoms with van der Waals surface area (Å²) in [4.78, 5) is 0. The van der Waals surface area contributed by atoms with E-state index in [9.17, 15) is 4.57 Å². The van der Waals surface area contributed by atoms with Crippen LogP contribution >= 0.6 is 16.5 Å². The summed E-state index contributed by atoms with van der Waals surface area (Å²) in [5, 5.41) is 0. The summed E-state index contributed by atoms with van der Waals surface area (Å²) in [5.41, 5.74) is 0. The third-order valence-corrected chi connectivity index (χ3v) is 2.18. The molecular weight excluding hydrogens is 411 g/mol. The van der Waals surface area contributed by atoms with Crippen LogP contribution in [0.1, 0.15) is 39.5 Å². The van der Waals surface area contributed by atoms with E-state index >= 15 is 0 Å². The van der Waals surface area contributed by atoms with Gasteiger partial charge in [-0.05, 0) is 12.8 Å². The van der Waals surface area contributed by atoms with E-state index in [1.54, 1.807) is 0 Å². The van der Waals surface area contributed by atoms with Crippen LogP contribution in [0.15, 0.2) is 0 Å². The van der Waals surface area contributed by atoms with Crippen molar-refractivity contribution in [3.63, 3.8) is 0 Å². The zero-order valence-electron chi connectivity index (χ0n) is 9.00. The minimum atomic E-state index is -1.85. The van der Waals surface area contributed by atoms with E-state index < -0.39 is 8.25 Å². The first-order valence-electron chi connectivity index (χ1n) is 4.81. The van der Waals surface area contributed by atoms with Crippen molar-refractivity contribution in [2.24, 2.45) is 0 Å². The summed E-state index contributed by atoms with van der Waals surface area (Å²) >= 11 is 0.500. The summed E-state index contributed by atoms with van der Waals surface area (Å²) in [6.45, 7) is 5.21. The molecule has 0 saturated carbocycles. The van der Waals surface area contributed by atoms with Crippen molar-refractivity contribution in [2.75, 3.05) is 13.2 Å². The molecule has 0 radical (unpaired) electrons. The molecule has 0 heterocycles. The summed E-state index contributed by atoms with van der Waals surface area (Å²) in [5.74, 6) is 0. The van der Waals surface area contributed by atoms with Crippen LogP contribution in [-0.4, -0.2) is 13.2 Å². The first-order valence-corrected chi connectivity index (χ1v) is 12.7. The predicted molar refractivity (Wildman–Crippen MR) is 55.2 cm³/mol. The Morgan fingerprint density at radius 3 is 1.71 bits per heavy atom. The van der Waals surface area contributed by atoms with Crippen LogP contribution in [0.4, 0.5) is 0 Å². The van der Waals surface area contributed by atoms with Gasteiger partial charge in [0.25, 0.3) is 0 Å². The molecule has 6 heteroatoms. The molecular formula is C8H18ClHgO3P+. The Hall–Kier alpha value is 1.25. The van der Waals surface area contributed by atoms with E-state index in [4.69, 9.17) is 17.3 Å². The Kier molecular flexibility index (Phi) is 21.0. The molecule has 81 valence electrons. The van der Waals surface area contributed by atoms with Crippen molar-refractivity contribution >= 4 is 16.5 Å². The number of halogens is 1. The molecule has 0 aliphatic carbocycles. The zero-order chi connectivity index (χ0) is 11.2. The van der Waals surface area contributed by atoms with Gasteiger partial charge in [-0.15, -0.1) is 9.05 Å². The molecule has 0 bridgehead atoms. The molecule has 0 aromatic heterocycles. The van der Waals surface area contributed by atoms with Crippen molar-refractivity contribution in [1.29, 1.82) is 0 Å². The minimum absolute atomic E-state index is 0.500. The molecule has 0 N–H and O–H groups in total. The standard InChI is InChI=1S/C8H18O3P.ClH.Hg/c1-3-5-7-10-12(9)11-8-6-4-2;;/h3-8H2,1-2H3;1H;/q+1;;+1/p-1. The number of hydrogen-bond donors (Lipinski definition) is 0. The third kappa shape index (κ3) is 15.7. The zero-order valence-corrected chi connectivity index (χ0v) is 16.1. The summed E-state index contributed by atoms with van der Waals surface area (Å²) in [6.07, 6.45) is 3.99. The SMILES string of the molecule is CCCCO[P+](=O)OCCCC.[Cl][Hg]. The van der Waals surface area contributed by atoms with Crippen molar-refractivity contribution in [2.45, 2.75) is 39.5 Å². The first-order chi connectivity index (χ1) is 6.81. The topological polar surface area (TPSA) is 35.5 Å². The summed E-state index contributed by atoms with van der Waals surface area (Å²) < 4.78 is 20.7. The monoisotopic (exact) mass is 430 g/mol. The van der Waals surface area contributed by atoms with Gasteiger partial charge in [0.2, 0.25) is 0 Å². The Balaban J connectivity index is 0. The number of unbranched alkanes of at least 4 members (excludes halogenated alkanes) is 2. The third-order valence-electron chi connectivity index (χ3n) is 1.39. The van der Waals surface area contributed by atoms with Gasteiger partial charge >= 0.3 is 41.4 Å². The fourth-order valence-electron chi connectivity index (χ4n) is 0.604. The van der Waals surface area contributed by atoms with Crippen molar-refractivity contribution < 1.29 is 38.5 Å². The Morgan fingerprint density at radius 1 is 1.07 bits per heavy atom. The average Bonchev–Trinajstić information content (AvgIpc) is 2.22. The number of hydrogen-bond acceptors (Lipinski definition) is 3. The van der Waals surface area contributed by atoms with Gasteiger partial charge in [-0.1, -0.05) is 26.7 Å². The van der Waals surface area contributed by atoms with E-state index in [-0.39, 0.29) is 0 Å². The molecule has 0 amide bonds. The van der Waals surface area contributed by atoms with Crippen molar-refractivity contribution in [3.8, 4) is 0 Å². The van der Waals surface area contributed by atoms with E-state index in [2.05, 4.69) is 13.8 Å². The second-order valence-corrected chi connectivity index (χ2v) is 3.56. The van der Waals surface area contributed by atoms with E-state index in [0.29, 0.717) is 38.1 Å². The van der Waals surface area contributed by atoms with Crippen LogP contribution in [0.5, 0.6) is 0 Å². The van der Waals surface area contributed by atoms with Crippen LogP contribution in [0.2, 0.25) is 0 Å². The van der Waals surface area contributed by atoms with Gasteiger partial charge in [-0.25, -0.2) is 0 Å². The van der Waals surface area contributed by atoms with E-state index in [0.717, 1.165) is 25.7 Å². The molecule has 0 aliphatic heterocycles. The van der Waals surface area contributed by atoms with Crippen LogP contribution in [0.3, 0.4) is 0 Å². The summed E-state index contributed by atoms with van der Waals surface area (Å²) in [7, 11) is 2.98. The van der Waals surface area contributed by atoms with Gasteiger partial charge < -0.3 is 0 Å². The van der Waals surface area contributed by atoms with Crippen molar-refractivity contribution in [3.05, 3.63) is 0 Å². The molecule has 14 heavy (non-hydrogen) atoms. The molecule has 0 fully saturated rings. The molecule has 0 unspecified atom stereocenters. The van der Waals surface area contributed by atoms with Gasteiger partial charge in [0.1, 0.15) is 13.2 Å². The maximum absolute atomic E-state index is 10.9.